The van der Waals surface area contributed by atoms with Gasteiger partial charge in [0, 0.05) is 16.8 Å². The number of fused-ring (bicyclic) bond motifs is 5. The zero-order valence-electron chi connectivity index (χ0n) is 23.7. The third kappa shape index (κ3) is 4.52. The first-order valence-electron chi connectivity index (χ1n) is 14.8. The highest BCUT2D eigenvalue weighted by Crippen LogP contribution is 2.42. The van der Waals surface area contributed by atoms with Crippen molar-refractivity contribution in [1.29, 1.82) is 0 Å². The molecule has 1 heteroatoms. The Balaban J connectivity index is 1.27. The van der Waals surface area contributed by atoms with E-state index in [-0.39, 0.29) is 0 Å². The second-order valence-electron chi connectivity index (χ2n) is 11.0. The average molecular weight is 548 g/mol. The zero-order chi connectivity index (χ0) is 28.6. The van der Waals surface area contributed by atoms with Crippen molar-refractivity contribution >= 4 is 49.4 Å². The van der Waals surface area contributed by atoms with E-state index in [0.717, 1.165) is 17.1 Å². The molecule has 202 valence electrons. The van der Waals surface area contributed by atoms with Crippen LogP contribution in [0.3, 0.4) is 0 Å². The summed E-state index contributed by atoms with van der Waals surface area (Å²) in [6.07, 6.45) is 0. The lowest BCUT2D eigenvalue weighted by Crippen LogP contribution is -2.10. The van der Waals surface area contributed by atoms with Crippen LogP contribution in [0.5, 0.6) is 0 Å². The molecule has 0 saturated carbocycles. The van der Waals surface area contributed by atoms with Crippen LogP contribution < -0.4 is 4.90 Å². The van der Waals surface area contributed by atoms with E-state index in [4.69, 9.17) is 0 Å². The van der Waals surface area contributed by atoms with Crippen LogP contribution in [-0.4, -0.2) is 0 Å². The molecule has 8 aromatic carbocycles. The van der Waals surface area contributed by atoms with Crippen molar-refractivity contribution in [3.05, 3.63) is 176 Å². The molecule has 0 amide bonds. The second kappa shape index (κ2) is 10.6. The Morgan fingerprint density at radius 2 is 0.791 bits per heavy atom. The lowest BCUT2D eigenvalue weighted by atomic mass is 9.96. The van der Waals surface area contributed by atoms with E-state index < -0.39 is 0 Å². The van der Waals surface area contributed by atoms with Gasteiger partial charge in [-0.25, -0.2) is 0 Å². The van der Waals surface area contributed by atoms with Gasteiger partial charge in [-0.2, -0.15) is 0 Å². The van der Waals surface area contributed by atoms with Crippen molar-refractivity contribution in [1.82, 2.24) is 0 Å². The van der Waals surface area contributed by atoms with Crippen molar-refractivity contribution in [3.63, 3.8) is 0 Å². The number of hydrogen-bond acceptors (Lipinski definition) is 1. The fourth-order valence-electron chi connectivity index (χ4n) is 6.35. The molecule has 0 aliphatic rings. The molecule has 0 radical (unpaired) electrons. The van der Waals surface area contributed by atoms with Gasteiger partial charge >= 0.3 is 0 Å². The first-order chi connectivity index (χ1) is 21.3. The summed E-state index contributed by atoms with van der Waals surface area (Å²) in [6.45, 7) is 0. The standard InChI is InChI=1S/C42H29N/c1-3-11-30(12-4-1)31-21-23-32(24-22-31)34-14-9-17-36(29-34)43(35-15-5-2-6-16-35)42-20-10-19-38-40-26-25-33-13-7-8-18-37(33)39(40)27-28-41(38)42/h1-29H. The van der Waals surface area contributed by atoms with Gasteiger partial charge in [0.1, 0.15) is 0 Å². The highest BCUT2D eigenvalue weighted by molar-refractivity contribution is 6.19. The number of rotatable bonds is 5. The summed E-state index contributed by atoms with van der Waals surface area (Å²) in [4.78, 5) is 2.39. The molecule has 0 aromatic heterocycles. The normalized spacial score (nSPS) is 11.3. The molecule has 0 heterocycles. The Kier molecular flexibility index (Phi) is 6.20. The summed E-state index contributed by atoms with van der Waals surface area (Å²) in [5.74, 6) is 0. The fourth-order valence-corrected chi connectivity index (χ4v) is 6.35. The molecular weight excluding hydrogens is 518 g/mol. The molecule has 0 atom stereocenters. The van der Waals surface area contributed by atoms with Gasteiger partial charge in [-0.15, -0.1) is 0 Å². The van der Waals surface area contributed by atoms with Gasteiger partial charge in [-0.1, -0.05) is 146 Å². The first-order valence-corrected chi connectivity index (χ1v) is 14.8. The minimum Gasteiger partial charge on any atom is -0.310 e. The molecular formula is C42H29N. The summed E-state index contributed by atoms with van der Waals surface area (Å²) >= 11 is 0. The molecule has 0 spiro atoms. The van der Waals surface area contributed by atoms with Crippen LogP contribution in [0.15, 0.2) is 176 Å². The van der Waals surface area contributed by atoms with Crippen molar-refractivity contribution in [2.45, 2.75) is 0 Å². The minimum atomic E-state index is 1.13. The third-order valence-electron chi connectivity index (χ3n) is 8.45. The lowest BCUT2D eigenvalue weighted by molar-refractivity contribution is 1.30. The summed E-state index contributed by atoms with van der Waals surface area (Å²) in [6, 6.07) is 63.4. The van der Waals surface area contributed by atoms with Crippen molar-refractivity contribution in [2.75, 3.05) is 4.90 Å². The van der Waals surface area contributed by atoms with E-state index in [1.165, 1.54) is 54.6 Å². The lowest BCUT2D eigenvalue weighted by Gasteiger charge is -2.27. The van der Waals surface area contributed by atoms with Gasteiger partial charge in [0.25, 0.3) is 0 Å². The zero-order valence-corrected chi connectivity index (χ0v) is 23.7. The topological polar surface area (TPSA) is 3.24 Å². The van der Waals surface area contributed by atoms with Gasteiger partial charge < -0.3 is 4.90 Å². The molecule has 8 aromatic rings. The van der Waals surface area contributed by atoms with Crippen molar-refractivity contribution < 1.29 is 0 Å². The van der Waals surface area contributed by atoms with E-state index >= 15 is 0 Å². The van der Waals surface area contributed by atoms with E-state index in [1.54, 1.807) is 0 Å². The molecule has 0 fully saturated rings. The van der Waals surface area contributed by atoms with E-state index in [0.29, 0.717) is 0 Å². The quantitative estimate of drug-likeness (QED) is 0.194. The molecule has 8 rings (SSSR count). The SMILES string of the molecule is c1ccc(-c2ccc(-c3cccc(N(c4ccccc4)c4cccc5c4ccc4c6ccccc6ccc54)c3)cc2)cc1. The Bertz CT molecular complexity index is 2220. The van der Waals surface area contributed by atoms with Crippen LogP contribution in [0.25, 0.3) is 54.6 Å². The molecule has 0 N–H and O–H groups in total. The number of benzene rings is 8. The van der Waals surface area contributed by atoms with Crippen LogP contribution in [0.4, 0.5) is 17.1 Å². The highest BCUT2D eigenvalue weighted by atomic mass is 15.1. The maximum Gasteiger partial charge on any atom is 0.0540 e. The van der Waals surface area contributed by atoms with Crippen LogP contribution in [0, 0.1) is 0 Å². The van der Waals surface area contributed by atoms with Crippen molar-refractivity contribution in [3.8, 4) is 22.3 Å². The van der Waals surface area contributed by atoms with Gasteiger partial charge in [-0.05, 0) is 79.5 Å². The maximum atomic E-state index is 2.39. The van der Waals surface area contributed by atoms with E-state index in [9.17, 15) is 0 Å². The molecule has 0 saturated heterocycles. The van der Waals surface area contributed by atoms with Crippen molar-refractivity contribution in [2.24, 2.45) is 0 Å². The van der Waals surface area contributed by atoms with Crippen LogP contribution in [0.2, 0.25) is 0 Å². The number of anilines is 3. The largest absolute Gasteiger partial charge is 0.310 e. The van der Waals surface area contributed by atoms with E-state index in [2.05, 4.69) is 181 Å². The first kappa shape index (κ1) is 25.1. The Hall–Kier alpha value is -5.66. The summed E-state index contributed by atoms with van der Waals surface area (Å²) in [5, 5.41) is 7.61. The number of para-hydroxylation sites is 1. The molecule has 0 bridgehead atoms. The summed E-state index contributed by atoms with van der Waals surface area (Å²) in [5.41, 5.74) is 8.26. The predicted molar refractivity (Wildman–Crippen MR) is 185 cm³/mol. The van der Waals surface area contributed by atoms with Gasteiger partial charge in [-0.3, -0.25) is 0 Å². The Labute approximate surface area is 251 Å². The average Bonchev–Trinajstić information content (AvgIpc) is 3.09. The summed E-state index contributed by atoms with van der Waals surface area (Å²) < 4.78 is 0. The Morgan fingerprint density at radius 3 is 1.60 bits per heavy atom. The van der Waals surface area contributed by atoms with Crippen LogP contribution in [-0.2, 0) is 0 Å². The molecule has 0 unspecified atom stereocenters. The summed E-state index contributed by atoms with van der Waals surface area (Å²) in [7, 11) is 0. The minimum absolute atomic E-state index is 1.13. The second-order valence-corrected chi connectivity index (χ2v) is 11.0. The van der Waals surface area contributed by atoms with Crippen LogP contribution in [0.1, 0.15) is 0 Å². The number of hydrogen-bond donors (Lipinski definition) is 0. The Morgan fingerprint density at radius 1 is 0.279 bits per heavy atom. The third-order valence-corrected chi connectivity index (χ3v) is 8.45. The monoisotopic (exact) mass is 547 g/mol. The maximum absolute atomic E-state index is 2.39. The fraction of sp³-hybridized carbons (Fsp3) is 0. The van der Waals surface area contributed by atoms with Gasteiger partial charge in [0.2, 0.25) is 0 Å². The number of nitrogens with zero attached hydrogens (tertiary/aromatic N) is 1. The molecule has 0 aliphatic carbocycles. The predicted octanol–water partition coefficient (Wildman–Crippen LogP) is 11.9. The molecule has 43 heavy (non-hydrogen) atoms. The van der Waals surface area contributed by atoms with Gasteiger partial charge in [0.05, 0.1) is 5.69 Å². The van der Waals surface area contributed by atoms with Crippen LogP contribution >= 0.6 is 0 Å². The smallest absolute Gasteiger partial charge is 0.0540 e. The molecule has 1 nitrogen and oxygen atoms in total. The molecule has 0 aliphatic heterocycles. The van der Waals surface area contributed by atoms with E-state index in [1.807, 2.05) is 0 Å². The highest BCUT2D eigenvalue weighted by Gasteiger charge is 2.17. The van der Waals surface area contributed by atoms with Gasteiger partial charge in [0.15, 0.2) is 0 Å².